The molecular weight excluding hydrogens is 304 g/mol. The van der Waals surface area contributed by atoms with Gasteiger partial charge >= 0.3 is 12.0 Å². The highest BCUT2D eigenvalue weighted by Gasteiger charge is 2.09. The van der Waals surface area contributed by atoms with Gasteiger partial charge in [-0.3, -0.25) is 4.79 Å². The first-order valence-electron chi connectivity index (χ1n) is 7.93. The molecule has 2 aromatic rings. The third-order valence-electron chi connectivity index (χ3n) is 3.64. The molecule has 0 spiro atoms. The number of hydrogen-bond donors (Lipinski definition) is 3. The number of hydrogen-bond acceptors (Lipinski definition) is 2. The molecule has 0 heterocycles. The number of nitrogens with one attached hydrogen (secondary N) is 2. The minimum atomic E-state index is -0.837. The van der Waals surface area contributed by atoms with E-state index >= 15 is 0 Å². The third-order valence-corrected chi connectivity index (χ3v) is 3.64. The summed E-state index contributed by atoms with van der Waals surface area (Å²) in [4.78, 5) is 22.9. The lowest BCUT2D eigenvalue weighted by molar-refractivity contribution is -0.136. The molecule has 3 N–H and O–H groups in total. The van der Waals surface area contributed by atoms with Gasteiger partial charge in [0.1, 0.15) is 0 Å². The molecule has 0 radical (unpaired) electrons. The van der Waals surface area contributed by atoms with Gasteiger partial charge in [-0.05, 0) is 41.7 Å². The number of aryl methyl sites for hydroxylation is 1. The van der Waals surface area contributed by atoms with E-state index in [4.69, 9.17) is 5.11 Å². The maximum atomic E-state index is 12.2. The van der Waals surface area contributed by atoms with Gasteiger partial charge in [0.05, 0.1) is 0 Å². The summed E-state index contributed by atoms with van der Waals surface area (Å²) in [5.41, 5.74) is 3.37. The standard InChI is InChI=1S/C19H22N2O3/c1-13(2)16-8-3-4-9-17(16)21-19(24)20-15-7-5-6-14(12-15)10-11-18(22)23/h3-9,12-13H,10-11H2,1-2H3,(H,22,23)(H2,20,21,24). The van der Waals surface area contributed by atoms with Gasteiger partial charge in [-0.25, -0.2) is 4.79 Å². The Labute approximate surface area is 141 Å². The van der Waals surface area contributed by atoms with Crippen molar-refractivity contribution in [1.29, 1.82) is 0 Å². The summed E-state index contributed by atoms with van der Waals surface area (Å²) in [6, 6.07) is 14.6. The number of rotatable bonds is 6. The van der Waals surface area contributed by atoms with Gasteiger partial charge in [-0.15, -0.1) is 0 Å². The Balaban J connectivity index is 2.02. The van der Waals surface area contributed by atoms with Gasteiger partial charge in [-0.2, -0.15) is 0 Å². The molecule has 0 saturated carbocycles. The van der Waals surface area contributed by atoms with Crippen molar-refractivity contribution in [3.63, 3.8) is 0 Å². The van der Waals surface area contributed by atoms with E-state index in [1.54, 1.807) is 18.2 Å². The smallest absolute Gasteiger partial charge is 0.323 e. The predicted molar refractivity (Wildman–Crippen MR) is 95.6 cm³/mol. The molecule has 0 saturated heterocycles. The fourth-order valence-corrected chi connectivity index (χ4v) is 2.45. The number of benzene rings is 2. The molecule has 2 aromatic carbocycles. The van der Waals surface area contributed by atoms with Crippen molar-refractivity contribution in [2.75, 3.05) is 10.6 Å². The van der Waals surface area contributed by atoms with Crippen molar-refractivity contribution in [3.8, 4) is 0 Å². The molecule has 0 unspecified atom stereocenters. The molecule has 24 heavy (non-hydrogen) atoms. The average Bonchev–Trinajstić information content (AvgIpc) is 2.53. The first kappa shape index (κ1) is 17.5. The van der Waals surface area contributed by atoms with Crippen molar-refractivity contribution in [1.82, 2.24) is 0 Å². The number of aliphatic carboxylic acids is 1. The Morgan fingerprint density at radius 1 is 1.04 bits per heavy atom. The normalized spacial score (nSPS) is 10.5. The zero-order valence-electron chi connectivity index (χ0n) is 13.9. The van der Waals surface area contributed by atoms with Crippen LogP contribution in [0.4, 0.5) is 16.2 Å². The topological polar surface area (TPSA) is 78.4 Å². The minimum absolute atomic E-state index is 0.0669. The van der Waals surface area contributed by atoms with Crippen molar-refractivity contribution >= 4 is 23.4 Å². The van der Waals surface area contributed by atoms with Gasteiger partial charge in [0.15, 0.2) is 0 Å². The Kier molecular flexibility index (Phi) is 5.95. The van der Waals surface area contributed by atoms with E-state index < -0.39 is 5.97 Å². The molecule has 0 aliphatic carbocycles. The van der Waals surface area contributed by atoms with Crippen LogP contribution in [0.3, 0.4) is 0 Å². The Bertz CT molecular complexity index is 726. The second-order valence-corrected chi connectivity index (χ2v) is 5.92. The number of amides is 2. The molecule has 0 aliphatic heterocycles. The summed E-state index contributed by atoms with van der Waals surface area (Å²) in [5.74, 6) is -0.530. The van der Waals surface area contributed by atoms with Crippen LogP contribution in [-0.4, -0.2) is 17.1 Å². The highest BCUT2D eigenvalue weighted by Crippen LogP contribution is 2.24. The molecule has 0 atom stereocenters. The van der Waals surface area contributed by atoms with Crippen LogP contribution in [0.25, 0.3) is 0 Å². The fourth-order valence-electron chi connectivity index (χ4n) is 2.45. The van der Waals surface area contributed by atoms with Crippen LogP contribution in [0.1, 0.15) is 37.3 Å². The predicted octanol–water partition coefficient (Wildman–Crippen LogP) is 4.47. The Morgan fingerprint density at radius 3 is 2.50 bits per heavy atom. The van der Waals surface area contributed by atoms with Crippen molar-refractivity contribution in [2.24, 2.45) is 0 Å². The molecule has 2 rings (SSSR count). The van der Waals surface area contributed by atoms with E-state index in [0.29, 0.717) is 18.0 Å². The molecule has 5 nitrogen and oxygen atoms in total. The molecule has 0 aromatic heterocycles. The summed E-state index contributed by atoms with van der Waals surface area (Å²) in [6.07, 6.45) is 0.500. The quantitative estimate of drug-likeness (QED) is 0.733. The van der Waals surface area contributed by atoms with Gasteiger partial charge in [0.2, 0.25) is 0 Å². The lowest BCUT2D eigenvalue weighted by Crippen LogP contribution is -2.20. The molecule has 0 fully saturated rings. The average molecular weight is 326 g/mol. The first-order chi connectivity index (χ1) is 11.5. The molecule has 126 valence electrons. The van der Waals surface area contributed by atoms with Crippen LogP contribution < -0.4 is 10.6 Å². The lowest BCUT2D eigenvalue weighted by Gasteiger charge is -2.14. The van der Waals surface area contributed by atoms with E-state index in [1.807, 2.05) is 30.3 Å². The van der Waals surface area contributed by atoms with E-state index in [0.717, 1.165) is 16.8 Å². The van der Waals surface area contributed by atoms with Crippen LogP contribution >= 0.6 is 0 Å². The van der Waals surface area contributed by atoms with Gasteiger partial charge in [0, 0.05) is 17.8 Å². The van der Waals surface area contributed by atoms with Crippen LogP contribution in [0.2, 0.25) is 0 Å². The first-order valence-corrected chi connectivity index (χ1v) is 7.93. The second-order valence-electron chi connectivity index (χ2n) is 5.92. The number of carboxylic acids is 1. The highest BCUT2D eigenvalue weighted by atomic mass is 16.4. The molecule has 2 amide bonds. The number of para-hydroxylation sites is 1. The lowest BCUT2D eigenvalue weighted by atomic mass is 10.0. The van der Waals surface area contributed by atoms with Gasteiger partial charge < -0.3 is 15.7 Å². The van der Waals surface area contributed by atoms with Crippen LogP contribution in [0.5, 0.6) is 0 Å². The molecule has 0 aliphatic rings. The van der Waals surface area contributed by atoms with Gasteiger partial charge in [0.25, 0.3) is 0 Å². The number of carbonyl (C=O) groups is 2. The van der Waals surface area contributed by atoms with E-state index in [9.17, 15) is 9.59 Å². The zero-order valence-corrected chi connectivity index (χ0v) is 13.9. The number of anilines is 2. The van der Waals surface area contributed by atoms with Crippen molar-refractivity contribution < 1.29 is 14.7 Å². The van der Waals surface area contributed by atoms with Crippen LogP contribution in [-0.2, 0) is 11.2 Å². The van der Waals surface area contributed by atoms with E-state index in [1.165, 1.54) is 0 Å². The minimum Gasteiger partial charge on any atom is -0.481 e. The van der Waals surface area contributed by atoms with Crippen molar-refractivity contribution in [2.45, 2.75) is 32.6 Å². The zero-order chi connectivity index (χ0) is 17.5. The number of carboxylic acid groups (broad SMARTS) is 1. The number of carbonyl (C=O) groups excluding carboxylic acids is 1. The van der Waals surface area contributed by atoms with Crippen molar-refractivity contribution in [3.05, 3.63) is 59.7 Å². The fraction of sp³-hybridized carbons (Fsp3) is 0.263. The number of urea groups is 1. The summed E-state index contributed by atoms with van der Waals surface area (Å²) in [6.45, 7) is 4.15. The monoisotopic (exact) mass is 326 g/mol. The third kappa shape index (κ3) is 5.12. The Morgan fingerprint density at radius 2 is 1.79 bits per heavy atom. The molecular formula is C19H22N2O3. The summed E-state index contributed by atoms with van der Waals surface area (Å²) in [7, 11) is 0. The maximum Gasteiger partial charge on any atom is 0.323 e. The SMILES string of the molecule is CC(C)c1ccccc1NC(=O)Nc1cccc(CCC(=O)O)c1. The maximum absolute atomic E-state index is 12.2. The molecule has 5 heteroatoms. The highest BCUT2D eigenvalue weighted by molar-refractivity contribution is 6.00. The van der Waals surface area contributed by atoms with Crippen LogP contribution in [0, 0.1) is 0 Å². The summed E-state index contributed by atoms with van der Waals surface area (Å²) in [5, 5.41) is 14.4. The summed E-state index contributed by atoms with van der Waals surface area (Å²) < 4.78 is 0. The van der Waals surface area contributed by atoms with E-state index in [2.05, 4.69) is 24.5 Å². The molecule has 0 bridgehead atoms. The largest absolute Gasteiger partial charge is 0.481 e. The van der Waals surface area contributed by atoms with Gasteiger partial charge in [-0.1, -0.05) is 44.2 Å². The summed E-state index contributed by atoms with van der Waals surface area (Å²) >= 11 is 0. The van der Waals surface area contributed by atoms with E-state index in [-0.39, 0.29) is 12.5 Å². The van der Waals surface area contributed by atoms with Crippen LogP contribution in [0.15, 0.2) is 48.5 Å². The second kappa shape index (κ2) is 8.15. The Hall–Kier alpha value is -2.82.